The number of likely N-dealkylation sites (N-methyl/N-ethyl adjacent to an activating group) is 1. The molecule has 56 heavy (non-hydrogen) atoms. The van der Waals surface area contributed by atoms with Crippen LogP contribution in [0.4, 0.5) is 0 Å². The Kier molecular flexibility index (Phi) is 30.4. The molecule has 0 saturated carbocycles. The maximum Gasteiger partial charge on any atom is 0.0104 e. The SMILES string of the molecule is CN1CCNCC1.[B][B]B(B([B])[B])B(B([B])[B])B(B(B([B])[B])B([B])[B])B(B(B(B([B])[B])B([B])[B])B(B([B])[B])B([B])[B])B(B(B([B])[B])B([B])[B])B(B([B])[B])B([B])[B]. The Bertz CT molecular complexity index is 863. The van der Waals surface area contributed by atoms with Crippen LogP contribution in [0.1, 0.15) is 0 Å². The van der Waals surface area contributed by atoms with E-state index in [0.717, 1.165) is 13.1 Å². The van der Waals surface area contributed by atoms with E-state index in [9.17, 15) is 0 Å². The first kappa shape index (κ1) is 59.1. The molecule has 189 valence electrons. The van der Waals surface area contributed by atoms with Gasteiger partial charge in [0.05, 0.1) is 0 Å². The van der Waals surface area contributed by atoms with Gasteiger partial charge in [-0.3, -0.25) is 0 Å². The van der Waals surface area contributed by atoms with Gasteiger partial charge in [0.1, 0.15) is 0 Å². The second kappa shape index (κ2) is 28.8. The smallest absolute Gasteiger partial charge is 0.0104 e. The Labute approximate surface area is 387 Å². The van der Waals surface area contributed by atoms with Crippen LogP contribution in [-0.4, -0.2) is 385 Å². The Morgan fingerprint density at radius 1 is 0.321 bits per heavy atom. The summed E-state index contributed by atoms with van der Waals surface area (Å²) in [6.45, 7) is 4.74. The van der Waals surface area contributed by atoms with Gasteiger partial charge in [0.25, 0.3) is 0 Å². The summed E-state index contributed by atoms with van der Waals surface area (Å²) in [4.78, 5) is 2.33. The number of hydrogen-bond acceptors (Lipinski definition) is 2. The molecular formula is C5H12B49N2. The normalized spacial score (nSPS) is 11.6. The van der Waals surface area contributed by atoms with Gasteiger partial charge in [0, 0.05) is 374 Å². The van der Waals surface area contributed by atoms with Gasteiger partial charge in [-0.25, -0.2) is 0 Å². The van der Waals surface area contributed by atoms with Crippen LogP contribution in [0.25, 0.3) is 0 Å². The van der Waals surface area contributed by atoms with Crippen molar-refractivity contribution in [2.24, 2.45) is 0 Å². The van der Waals surface area contributed by atoms with Crippen LogP contribution in [0.15, 0.2) is 0 Å². The van der Waals surface area contributed by atoms with E-state index < -0.39 is 147 Å². The van der Waals surface area contributed by atoms with E-state index in [0.29, 0.717) is 0 Å². The highest BCUT2D eigenvalue weighted by Gasteiger charge is 2.59. The quantitative estimate of drug-likeness (QED) is 0.113. The molecule has 1 aliphatic heterocycles. The minimum absolute atomic E-state index is 1.02. The van der Waals surface area contributed by atoms with Gasteiger partial charge in [-0.05, 0) is 7.05 Å². The zero-order chi connectivity index (χ0) is 44.1. The molecule has 0 aromatic heterocycles. The van der Waals surface area contributed by atoms with Crippen LogP contribution in [0.2, 0.25) is 0 Å². The third kappa shape index (κ3) is 17.6. The summed E-state index contributed by atoms with van der Waals surface area (Å²) < 4.78 is 0. The Balaban J connectivity index is 0.00000385. The molecule has 0 unspecified atom stereocenters. The van der Waals surface area contributed by atoms with E-state index >= 15 is 0 Å². The maximum absolute atomic E-state index is 6.54. The minimum atomic E-state index is -1.33. The molecule has 1 fully saturated rings. The standard InChI is InChI=1S/C5H12N2.B49/c1-7-4-2-6-3-5-7;1-26-39(27(2)3)45(38(24)25)48(44(36(20)21)37(22)23)49(46(40(28(4)5)29(6)7)41(30(8)9)31(10)11)47(42(32(12)13)33(14)15)43(34(16)17)35(18)19/h6H,2-5H2,1H3;. The molecule has 0 aromatic rings. The van der Waals surface area contributed by atoms with Crippen LogP contribution in [0.5, 0.6) is 0 Å². The molecule has 1 N–H and O–H groups in total. The van der Waals surface area contributed by atoms with Crippen molar-refractivity contribution in [1.29, 1.82) is 0 Å². The van der Waals surface area contributed by atoms with Gasteiger partial charge in [-0.15, -0.1) is 0 Å². The van der Waals surface area contributed by atoms with E-state index in [1.165, 1.54) is 20.2 Å². The molecule has 1 rings (SSSR count). The highest BCUT2D eigenvalue weighted by Crippen LogP contribution is 2.21. The predicted molar refractivity (Wildman–Crippen MR) is 312 cm³/mol. The zero-order valence-corrected chi connectivity index (χ0v) is 33.1. The summed E-state index contributed by atoms with van der Waals surface area (Å²) in [6.07, 6.45) is -28.7. The second-order valence-corrected chi connectivity index (χ2v) is 15.5. The molecule has 0 spiro atoms. The molecule has 1 heterocycles. The molecular weight excluding hydrogens is 618 g/mol. The van der Waals surface area contributed by atoms with Crippen LogP contribution >= 0.6 is 0 Å². The maximum atomic E-state index is 6.54. The number of nitrogens with one attached hydrogen (secondary N) is 1. The van der Waals surface area contributed by atoms with E-state index in [4.69, 9.17) is 193 Å². The molecule has 0 aliphatic carbocycles. The summed E-state index contributed by atoms with van der Waals surface area (Å²) >= 11 is 0. The summed E-state index contributed by atoms with van der Waals surface area (Å²) in [5.41, 5.74) is 0. The highest BCUT2D eigenvalue weighted by atomic mass is 15.2. The summed E-state index contributed by atoms with van der Waals surface area (Å²) in [7, 11) is 164. The van der Waals surface area contributed by atoms with Gasteiger partial charge in [0.15, 0.2) is 0 Å². The van der Waals surface area contributed by atoms with E-state index in [1.807, 2.05) is 0 Å². The van der Waals surface area contributed by atoms with Crippen molar-refractivity contribution in [1.82, 2.24) is 10.2 Å². The molecule has 2 nitrogen and oxygen atoms in total. The first-order chi connectivity index (χ1) is 25.7. The highest BCUT2D eigenvalue weighted by molar-refractivity contribution is 8.35. The third-order valence-corrected chi connectivity index (χ3v) is 11.3. The van der Waals surface area contributed by atoms with E-state index in [2.05, 4.69) is 17.3 Å². The van der Waals surface area contributed by atoms with Crippen molar-refractivity contribution in [2.45, 2.75) is 0 Å². The zero-order valence-electron chi connectivity index (χ0n) is 33.1. The Hall–Kier alpha value is 3.10. The number of nitrogens with zero attached hydrogens (tertiary/aromatic N) is 1. The fraction of sp³-hybridized carbons (Fsp3) is 1.00. The van der Waals surface area contributed by atoms with Crippen LogP contribution < -0.4 is 5.32 Å². The minimum Gasteiger partial charge on any atom is -0.314 e. The van der Waals surface area contributed by atoms with Gasteiger partial charge in [-0.2, -0.15) is 0 Å². The Morgan fingerprint density at radius 3 is 0.661 bits per heavy atom. The first-order valence-corrected chi connectivity index (χ1v) is 18.8. The molecule has 1 saturated heterocycles. The lowest BCUT2D eigenvalue weighted by atomic mass is 8.25. The fourth-order valence-electron chi connectivity index (χ4n) is 8.99. The number of hydrogen-bond donors (Lipinski definition) is 1. The van der Waals surface area contributed by atoms with Crippen molar-refractivity contribution in [3.05, 3.63) is 0 Å². The number of rotatable bonds is 23. The average Bonchev–Trinajstić information content (AvgIpc) is 3.01. The lowest BCUT2D eigenvalue weighted by molar-refractivity contribution is 0.291. The molecule has 51 radical (unpaired) electrons. The molecule has 0 aromatic carbocycles. The predicted octanol–water partition coefficient (Wildman–Crippen LogP) is -19.1. The van der Waals surface area contributed by atoms with Gasteiger partial charge in [-0.1, -0.05) is 0 Å². The van der Waals surface area contributed by atoms with Gasteiger partial charge >= 0.3 is 0 Å². The average molecular weight is 630 g/mol. The molecule has 0 bridgehead atoms. The van der Waals surface area contributed by atoms with Crippen LogP contribution in [0.3, 0.4) is 0 Å². The van der Waals surface area contributed by atoms with Crippen molar-refractivity contribution >= 4 is 347 Å². The lowest BCUT2D eigenvalue weighted by Gasteiger charge is -2.56. The molecule has 0 amide bonds. The van der Waals surface area contributed by atoms with Crippen molar-refractivity contribution in [3.63, 3.8) is 0 Å². The molecule has 51 heteroatoms. The Morgan fingerprint density at radius 2 is 0.518 bits per heavy atom. The van der Waals surface area contributed by atoms with Crippen LogP contribution in [-0.2, 0) is 0 Å². The largest absolute Gasteiger partial charge is 0.314 e. The van der Waals surface area contributed by atoms with Gasteiger partial charge < -0.3 is 10.2 Å². The third-order valence-electron chi connectivity index (χ3n) is 11.3. The monoisotopic (exact) mass is 640 g/mol. The topological polar surface area (TPSA) is 15.3 Å². The van der Waals surface area contributed by atoms with Gasteiger partial charge in [0.2, 0.25) is 0 Å². The van der Waals surface area contributed by atoms with Crippen molar-refractivity contribution < 1.29 is 0 Å². The fourth-order valence-corrected chi connectivity index (χ4v) is 8.99. The molecule has 1 aliphatic rings. The van der Waals surface area contributed by atoms with E-state index in [-0.39, 0.29) is 0 Å². The molecule has 0 atom stereocenters. The summed E-state index contributed by atoms with van der Waals surface area (Å²) in [5, 5.41) is 3.27. The second-order valence-electron chi connectivity index (χ2n) is 15.5. The summed E-state index contributed by atoms with van der Waals surface area (Å²) in [6, 6.07) is 0. The summed E-state index contributed by atoms with van der Waals surface area (Å²) in [5.74, 6) is 0. The lowest BCUT2D eigenvalue weighted by Crippen LogP contribution is -2.95. The van der Waals surface area contributed by atoms with Crippen molar-refractivity contribution in [2.75, 3.05) is 33.2 Å². The first-order valence-electron chi connectivity index (χ1n) is 18.8. The van der Waals surface area contributed by atoms with Crippen molar-refractivity contribution in [3.8, 4) is 0 Å². The number of piperazine rings is 1. The van der Waals surface area contributed by atoms with Crippen LogP contribution in [0, 0.1) is 0 Å². The van der Waals surface area contributed by atoms with E-state index in [1.54, 1.807) is 0 Å².